The molecule has 7 heteroatoms. The number of non-ortho nitro benzene ring substituents is 1. The zero-order valence-electron chi connectivity index (χ0n) is 9.39. The number of benzene rings is 1. The van der Waals surface area contributed by atoms with Gasteiger partial charge in [0.25, 0.3) is 5.69 Å². The molecule has 2 atom stereocenters. The monoisotopic (exact) mass is 252 g/mol. The lowest BCUT2D eigenvalue weighted by Crippen LogP contribution is -2.35. The van der Waals surface area contributed by atoms with Gasteiger partial charge in [-0.1, -0.05) is 6.07 Å². The van der Waals surface area contributed by atoms with Gasteiger partial charge >= 0.3 is 5.97 Å². The van der Waals surface area contributed by atoms with Gasteiger partial charge in [-0.3, -0.25) is 10.1 Å². The number of nitrogens with zero attached hydrogens (tertiary/aromatic N) is 2. The van der Waals surface area contributed by atoms with E-state index in [1.54, 1.807) is 6.07 Å². The third-order valence-corrected chi connectivity index (χ3v) is 2.94. The third-order valence-electron chi connectivity index (χ3n) is 2.94. The average molecular weight is 252 g/mol. The van der Waals surface area contributed by atoms with Crippen LogP contribution in [0, 0.1) is 10.1 Å². The Bertz CT molecular complexity index is 490. The molecule has 0 spiro atoms. The number of carbonyl (C=O) groups is 1. The molecule has 1 aliphatic rings. The van der Waals surface area contributed by atoms with Gasteiger partial charge in [0.15, 0.2) is 0 Å². The van der Waals surface area contributed by atoms with Gasteiger partial charge in [0, 0.05) is 30.8 Å². The topological polar surface area (TPSA) is 104 Å². The average Bonchev–Trinajstić information content (AvgIpc) is 2.72. The summed E-state index contributed by atoms with van der Waals surface area (Å²) in [5.74, 6) is -1.04. The summed E-state index contributed by atoms with van der Waals surface area (Å²) in [6.45, 7) is 0.165. The molecule has 1 fully saturated rings. The first-order chi connectivity index (χ1) is 8.49. The number of rotatable bonds is 3. The second-order valence-corrected chi connectivity index (χ2v) is 4.17. The van der Waals surface area contributed by atoms with Crippen LogP contribution in [0.2, 0.25) is 0 Å². The Labute approximate surface area is 102 Å². The van der Waals surface area contributed by atoms with E-state index in [-0.39, 0.29) is 18.7 Å². The van der Waals surface area contributed by atoms with Crippen LogP contribution in [0.4, 0.5) is 11.4 Å². The van der Waals surface area contributed by atoms with Gasteiger partial charge in [-0.15, -0.1) is 0 Å². The minimum absolute atomic E-state index is 0.0990. The van der Waals surface area contributed by atoms with Crippen molar-refractivity contribution in [2.24, 2.45) is 0 Å². The van der Waals surface area contributed by atoms with Crippen LogP contribution >= 0.6 is 0 Å². The van der Waals surface area contributed by atoms with E-state index < -0.39 is 23.0 Å². The molecule has 1 aromatic carbocycles. The number of β-amino-alcohol motifs (C(OH)–C–C–N with tert-alkyl or cyclic N) is 1. The standard InChI is InChI=1S/C11H12N2O5/c14-9-5-10(11(15)16)12(6-9)7-2-1-3-8(4-7)13(17)18/h1-4,9-10,14H,5-6H2,(H,15,16). The van der Waals surface area contributed by atoms with Crippen LogP contribution in [-0.4, -0.2) is 39.8 Å². The van der Waals surface area contributed by atoms with E-state index in [1.807, 2.05) is 0 Å². The van der Waals surface area contributed by atoms with Crippen molar-refractivity contribution < 1.29 is 19.9 Å². The molecular formula is C11H12N2O5. The molecule has 0 amide bonds. The first-order valence-electron chi connectivity index (χ1n) is 5.41. The Morgan fingerprint density at radius 3 is 2.83 bits per heavy atom. The lowest BCUT2D eigenvalue weighted by atomic mass is 10.2. The molecule has 7 nitrogen and oxygen atoms in total. The van der Waals surface area contributed by atoms with Crippen molar-refractivity contribution >= 4 is 17.3 Å². The van der Waals surface area contributed by atoms with Crippen molar-refractivity contribution in [3.63, 3.8) is 0 Å². The van der Waals surface area contributed by atoms with Gasteiger partial charge in [0.2, 0.25) is 0 Å². The summed E-state index contributed by atoms with van der Waals surface area (Å²) in [6.07, 6.45) is -0.608. The molecule has 0 aliphatic carbocycles. The smallest absolute Gasteiger partial charge is 0.326 e. The number of hydrogen-bond donors (Lipinski definition) is 2. The maximum atomic E-state index is 11.1. The zero-order valence-corrected chi connectivity index (χ0v) is 9.39. The van der Waals surface area contributed by atoms with Gasteiger partial charge in [-0.05, 0) is 6.07 Å². The number of hydrogen-bond acceptors (Lipinski definition) is 5. The fraction of sp³-hybridized carbons (Fsp3) is 0.364. The number of aliphatic hydroxyl groups is 1. The van der Waals surface area contributed by atoms with Crippen molar-refractivity contribution in [1.82, 2.24) is 0 Å². The van der Waals surface area contributed by atoms with Crippen LogP contribution in [-0.2, 0) is 4.79 Å². The number of anilines is 1. The predicted octanol–water partition coefficient (Wildman–Crippen LogP) is 0.619. The van der Waals surface area contributed by atoms with Crippen molar-refractivity contribution in [1.29, 1.82) is 0 Å². The molecule has 2 rings (SSSR count). The van der Waals surface area contributed by atoms with Crippen LogP contribution in [0.5, 0.6) is 0 Å². The Morgan fingerprint density at radius 2 is 2.22 bits per heavy atom. The Balaban J connectivity index is 2.32. The minimum atomic E-state index is -1.04. The molecule has 1 aromatic rings. The highest BCUT2D eigenvalue weighted by Gasteiger charge is 2.36. The van der Waals surface area contributed by atoms with E-state index in [0.29, 0.717) is 5.69 Å². The first kappa shape index (κ1) is 12.3. The Kier molecular flexibility index (Phi) is 3.15. The molecule has 1 heterocycles. The summed E-state index contributed by atoms with van der Waals surface area (Å²) >= 11 is 0. The van der Waals surface area contributed by atoms with Gasteiger partial charge in [0.05, 0.1) is 11.0 Å². The molecule has 0 aromatic heterocycles. The number of aliphatic carboxylic acids is 1. The van der Waals surface area contributed by atoms with Crippen LogP contribution in [0.25, 0.3) is 0 Å². The normalized spacial score (nSPS) is 23.1. The highest BCUT2D eigenvalue weighted by molar-refractivity contribution is 5.79. The molecule has 96 valence electrons. The molecule has 2 unspecified atom stereocenters. The molecule has 18 heavy (non-hydrogen) atoms. The van der Waals surface area contributed by atoms with E-state index in [4.69, 9.17) is 5.11 Å². The largest absolute Gasteiger partial charge is 0.480 e. The quantitative estimate of drug-likeness (QED) is 0.603. The summed E-state index contributed by atoms with van der Waals surface area (Å²) in [5, 5.41) is 29.2. The maximum Gasteiger partial charge on any atom is 0.326 e. The highest BCUT2D eigenvalue weighted by atomic mass is 16.6. The first-order valence-corrected chi connectivity index (χ1v) is 5.41. The second kappa shape index (κ2) is 4.61. The minimum Gasteiger partial charge on any atom is -0.480 e. The third kappa shape index (κ3) is 2.25. The molecule has 0 saturated carbocycles. The summed E-state index contributed by atoms with van der Waals surface area (Å²) in [4.78, 5) is 22.7. The van der Waals surface area contributed by atoms with Crippen LogP contribution in [0.1, 0.15) is 6.42 Å². The lowest BCUT2D eigenvalue weighted by molar-refractivity contribution is -0.384. The van der Waals surface area contributed by atoms with E-state index >= 15 is 0 Å². The van der Waals surface area contributed by atoms with Crippen LogP contribution in [0.3, 0.4) is 0 Å². The van der Waals surface area contributed by atoms with Gasteiger partial charge in [-0.25, -0.2) is 4.79 Å². The van der Waals surface area contributed by atoms with E-state index in [2.05, 4.69) is 0 Å². The fourth-order valence-corrected chi connectivity index (χ4v) is 2.12. The molecule has 1 aliphatic heterocycles. The van der Waals surface area contributed by atoms with Crippen molar-refractivity contribution in [3.05, 3.63) is 34.4 Å². The zero-order chi connectivity index (χ0) is 13.3. The summed E-state index contributed by atoms with van der Waals surface area (Å²) in [5.41, 5.74) is 0.339. The number of aliphatic hydroxyl groups excluding tert-OH is 1. The Morgan fingerprint density at radius 1 is 1.50 bits per heavy atom. The predicted molar refractivity (Wildman–Crippen MR) is 62.5 cm³/mol. The van der Waals surface area contributed by atoms with Crippen molar-refractivity contribution in [2.75, 3.05) is 11.4 Å². The summed E-state index contributed by atoms with van der Waals surface area (Å²) in [6, 6.07) is 4.90. The number of nitro benzene ring substituents is 1. The van der Waals surface area contributed by atoms with E-state index in [0.717, 1.165) is 0 Å². The van der Waals surface area contributed by atoms with E-state index in [9.17, 15) is 20.0 Å². The maximum absolute atomic E-state index is 11.1. The fourth-order valence-electron chi connectivity index (χ4n) is 2.12. The molecule has 2 N–H and O–H groups in total. The summed E-state index contributed by atoms with van der Waals surface area (Å²) < 4.78 is 0. The van der Waals surface area contributed by atoms with Crippen molar-refractivity contribution in [2.45, 2.75) is 18.6 Å². The van der Waals surface area contributed by atoms with Gasteiger partial charge in [-0.2, -0.15) is 0 Å². The molecule has 0 bridgehead atoms. The van der Waals surface area contributed by atoms with Crippen LogP contribution < -0.4 is 4.90 Å². The van der Waals surface area contributed by atoms with Gasteiger partial charge < -0.3 is 15.1 Å². The molecular weight excluding hydrogens is 240 g/mol. The second-order valence-electron chi connectivity index (χ2n) is 4.17. The van der Waals surface area contributed by atoms with Crippen LogP contribution in [0.15, 0.2) is 24.3 Å². The van der Waals surface area contributed by atoms with Gasteiger partial charge in [0.1, 0.15) is 6.04 Å². The SMILES string of the molecule is O=C(O)C1CC(O)CN1c1cccc([N+](=O)[O-])c1. The van der Waals surface area contributed by atoms with E-state index in [1.165, 1.54) is 23.1 Å². The number of nitro groups is 1. The highest BCUT2D eigenvalue weighted by Crippen LogP contribution is 2.28. The Hall–Kier alpha value is -2.15. The molecule has 0 radical (unpaired) electrons. The van der Waals surface area contributed by atoms with Crippen molar-refractivity contribution in [3.8, 4) is 0 Å². The lowest BCUT2D eigenvalue weighted by Gasteiger charge is -2.22. The molecule has 1 saturated heterocycles. The number of carboxylic acids is 1. The summed E-state index contributed by atoms with van der Waals surface area (Å²) in [7, 11) is 0. The number of carboxylic acid groups (broad SMARTS) is 1.